The molecule has 1 fully saturated rings. The highest BCUT2D eigenvalue weighted by Crippen LogP contribution is 2.31. The Morgan fingerprint density at radius 1 is 1.58 bits per heavy atom. The summed E-state index contributed by atoms with van der Waals surface area (Å²) in [6.45, 7) is 0.154. The lowest BCUT2D eigenvalue weighted by molar-refractivity contribution is -0.209. The number of nitrogens with zero attached hydrogens (tertiary/aromatic N) is 3. The summed E-state index contributed by atoms with van der Waals surface area (Å²) in [7, 11) is 1.77. The molecule has 0 aromatic carbocycles. The van der Waals surface area contributed by atoms with Crippen LogP contribution in [-0.2, 0) is 7.05 Å². The number of aryl methyl sites for hydroxylation is 1. The van der Waals surface area contributed by atoms with Gasteiger partial charge in [-0.15, -0.1) is 0 Å². The predicted molar refractivity (Wildman–Crippen MR) is 66.9 cm³/mol. The molecule has 1 aliphatic heterocycles. The third kappa shape index (κ3) is 3.64. The van der Waals surface area contributed by atoms with E-state index in [1.54, 1.807) is 34.6 Å². The average molecular weight is 295 g/mol. The van der Waals surface area contributed by atoms with E-state index in [4.69, 9.17) is 0 Å². The Morgan fingerprint density at radius 2 is 2.32 bits per heavy atom. The van der Waals surface area contributed by atoms with E-state index < -0.39 is 12.3 Å². The molecule has 2 atom stereocenters. The third-order valence-corrected chi connectivity index (χ3v) is 4.16. The van der Waals surface area contributed by atoms with Crippen LogP contribution in [0.1, 0.15) is 11.6 Å². The van der Waals surface area contributed by atoms with E-state index in [1.807, 2.05) is 6.20 Å². The highest BCUT2D eigenvalue weighted by molar-refractivity contribution is 7.99. The molecule has 2 rings (SSSR count). The quantitative estimate of drug-likeness (QED) is 0.916. The highest BCUT2D eigenvalue weighted by Gasteiger charge is 2.40. The number of hydrogen-bond acceptors (Lipinski definition) is 4. The molecular formula is C11H16F3N3OS. The summed E-state index contributed by atoms with van der Waals surface area (Å²) in [5.41, 5.74) is 0.893. The Labute approximate surface area is 113 Å². The van der Waals surface area contributed by atoms with E-state index >= 15 is 0 Å². The van der Waals surface area contributed by atoms with Crippen LogP contribution in [0.4, 0.5) is 13.2 Å². The summed E-state index contributed by atoms with van der Waals surface area (Å²) in [5.74, 6) is 1.50. The number of aliphatic hydroxyl groups excluding tert-OH is 1. The molecule has 1 N–H and O–H groups in total. The van der Waals surface area contributed by atoms with Gasteiger partial charge in [-0.25, -0.2) is 0 Å². The summed E-state index contributed by atoms with van der Waals surface area (Å²) >= 11 is 1.70. The van der Waals surface area contributed by atoms with Crippen molar-refractivity contribution in [2.45, 2.75) is 18.3 Å². The van der Waals surface area contributed by atoms with Gasteiger partial charge in [0.2, 0.25) is 0 Å². The van der Waals surface area contributed by atoms with Gasteiger partial charge in [0.25, 0.3) is 0 Å². The molecule has 0 amide bonds. The van der Waals surface area contributed by atoms with Crippen LogP contribution in [-0.4, -0.2) is 56.7 Å². The van der Waals surface area contributed by atoms with Crippen LogP contribution in [0.5, 0.6) is 0 Å². The number of thioether (sulfide) groups is 1. The minimum Gasteiger partial charge on any atom is -0.382 e. The molecule has 1 aliphatic rings. The van der Waals surface area contributed by atoms with Gasteiger partial charge in [-0.2, -0.15) is 30.0 Å². The van der Waals surface area contributed by atoms with E-state index in [9.17, 15) is 18.3 Å². The molecule has 108 valence electrons. The summed E-state index contributed by atoms with van der Waals surface area (Å²) in [5, 5.41) is 13.3. The maximum Gasteiger partial charge on any atom is 0.415 e. The molecule has 0 saturated carbocycles. The smallest absolute Gasteiger partial charge is 0.382 e. The van der Waals surface area contributed by atoms with Crippen LogP contribution in [0, 0.1) is 0 Å². The van der Waals surface area contributed by atoms with Crippen molar-refractivity contribution in [3.63, 3.8) is 0 Å². The van der Waals surface area contributed by atoms with Gasteiger partial charge in [-0.3, -0.25) is 9.58 Å². The first kappa shape index (κ1) is 14.7. The summed E-state index contributed by atoms with van der Waals surface area (Å²) < 4.78 is 39.0. The molecule has 1 saturated heterocycles. The molecule has 2 heterocycles. The molecule has 0 radical (unpaired) electrons. The fraction of sp³-hybridized carbons (Fsp3) is 0.727. The Bertz CT molecular complexity index is 424. The monoisotopic (exact) mass is 295 g/mol. The molecule has 19 heavy (non-hydrogen) atoms. The fourth-order valence-corrected chi connectivity index (χ4v) is 3.26. The largest absolute Gasteiger partial charge is 0.415 e. The number of aromatic nitrogens is 2. The second-order valence-electron chi connectivity index (χ2n) is 4.59. The van der Waals surface area contributed by atoms with Gasteiger partial charge in [0.15, 0.2) is 6.10 Å². The number of rotatable bonds is 3. The van der Waals surface area contributed by atoms with Crippen molar-refractivity contribution in [2.24, 2.45) is 7.05 Å². The lowest BCUT2D eigenvalue weighted by Gasteiger charge is -2.36. The van der Waals surface area contributed by atoms with Crippen LogP contribution >= 0.6 is 11.8 Å². The zero-order valence-electron chi connectivity index (χ0n) is 10.5. The van der Waals surface area contributed by atoms with Crippen LogP contribution < -0.4 is 0 Å². The average Bonchev–Trinajstić information content (AvgIpc) is 2.75. The molecule has 0 spiro atoms. The zero-order chi connectivity index (χ0) is 14.0. The fourth-order valence-electron chi connectivity index (χ4n) is 2.10. The van der Waals surface area contributed by atoms with Gasteiger partial charge in [0, 0.05) is 49.4 Å². The molecule has 0 bridgehead atoms. The second-order valence-corrected chi connectivity index (χ2v) is 5.74. The predicted octanol–water partition coefficient (Wildman–Crippen LogP) is 1.43. The van der Waals surface area contributed by atoms with Crippen LogP contribution in [0.25, 0.3) is 0 Å². The Morgan fingerprint density at radius 3 is 2.89 bits per heavy atom. The number of hydrogen-bond donors (Lipinski definition) is 1. The maximum atomic E-state index is 12.4. The molecule has 0 aliphatic carbocycles. The Balaban J connectivity index is 2.08. The van der Waals surface area contributed by atoms with Crippen molar-refractivity contribution in [1.82, 2.24) is 14.7 Å². The van der Waals surface area contributed by atoms with Gasteiger partial charge in [0.05, 0.1) is 6.20 Å². The zero-order valence-corrected chi connectivity index (χ0v) is 11.3. The van der Waals surface area contributed by atoms with Crippen molar-refractivity contribution < 1.29 is 18.3 Å². The lowest BCUT2D eigenvalue weighted by atomic mass is 10.1. The van der Waals surface area contributed by atoms with Gasteiger partial charge in [0.1, 0.15) is 0 Å². The van der Waals surface area contributed by atoms with E-state index in [0.29, 0.717) is 6.54 Å². The number of halogens is 3. The minimum absolute atomic E-state index is 0.121. The topological polar surface area (TPSA) is 41.3 Å². The molecule has 4 nitrogen and oxygen atoms in total. The maximum absolute atomic E-state index is 12.4. The normalized spacial score (nSPS) is 23.5. The standard InChI is InChI=1S/C11H16F3N3OS/c1-16-5-8(4-15-16)9-7-19-3-2-17(9)6-10(18)11(12,13)14/h4-5,9-10,18H,2-3,6-7H2,1H3. The van der Waals surface area contributed by atoms with Crippen LogP contribution in [0.2, 0.25) is 0 Å². The van der Waals surface area contributed by atoms with Gasteiger partial charge < -0.3 is 5.11 Å². The van der Waals surface area contributed by atoms with E-state index in [2.05, 4.69) is 5.10 Å². The molecule has 1 aromatic rings. The van der Waals surface area contributed by atoms with Gasteiger partial charge >= 0.3 is 6.18 Å². The van der Waals surface area contributed by atoms with E-state index in [0.717, 1.165) is 17.1 Å². The van der Waals surface area contributed by atoms with Crippen molar-refractivity contribution in [3.8, 4) is 0 Å². The van der Waals surface area contributed by atoms with Gasteiger partial charge in [-0.05, 0) is 0 Å². The number of β-amino-alcohol motifs (C(OH)–C–C–N with tert-alkyl or cyclic N) is 1. The van der Waals surface area contributed by atoms with Crippen molar-refractivity contribution in [1.29, 1.82) is 0 Å². The Hall–Kier alpha value is -0.730. The Kier molecular flexibility index (Phi) is 4.42. The minimum atomic E-state index is -4.57. The molecule has 2 unspecified atom stereocenters. The first-order chi connectivity index (χ1) is 8.88. The summed E-state index contributed by atoms with van der Waals surface area (Å²) in [6, 6.07) is -0.121. The van der Waals surface area contributed by atoms with Crippen molar-refractivity contribution >= 4 is 11.8 Å². The van der Waals surface area contributed by atoms with Crippen LogP contribution in [0.3, 0.4) is 0 Å². The van der Waals surface area contributed by atoms with Crippen LogP contribution in [0.15, 0.2) is 12.4 Å². The summed E-state index contributed by atoms with van der Waals surface area (Å²) in [4.78, 5) is 1.69. The van der Waals surface area contributed by atoms with E-state index in [1.165, 1.54) is 0 Å². The SMILES string of the molecule is Cn1cc(C2CSCCN2CC(O)C(F)(F)F)cn1. The first-order valence-corrected chi connectivity index (χ1v) is 7.08. The molecule has 1 aromatic heterocycles. The summed E-state index contributed by atoms with van der Waals surface area (Å²) in [6.07, 6.45) is -3.38. The number of aliphatic hydroxyl groups is 1. The van der Waals surface area contributed by atoms with Crippen molar-refractivity contribution in [2.75, 3.05) is 24.6 Å². The lowest BCUT2D eigenvalue weighted by Crippen LogP contribution is -2.45. The van der Waals surface area contributed by atoms with Gasteiger partial charge in [-0.1, -0.05) is 0 Å². The van der Waals surface area contributed by atoms with Crippen molar-refractivity contribution in [3.05, 3.63) is 18.0 Å². The number of alkyl halides is 3. The second kappa shape index (κ2) is 5.72. The molecular weight excluding hydrogens is 279 g/mol. The van der Waals surface area contributed by atoms with E-state index in [-0.39, 0.29) is 12.6 Å². The first-order valence-electron chi connectivity index (χ1n) is 5.93. The third-order valence-electron chi connectivity index (χ3n) is 3.13. The molecule has 8 heteroatoms. The highest BCUT2D eigenvalue weighted by atomic mass is 32.2.